The van der Waals surface area contributed by atoms with E-state index in [0.717, 1.165) is 33.6 Å². The molecule has 3 N–H and O–H groups in total. The first-order valence-electron chi connectivity index (χ1n) is 14.1. The maximum Gasteiger partial charge on any atom is 0.417 e. The van der Waals surface area contributed by atoms with Crippen molar-refractivity contribution in [2.24, 2.45) is 14.1 Å². The van der Waals surface area contributed by atoms with Crippen LogP contribution in [0.1, 0.15) is 31.8 Å². The van der Waals surface area contributed by atoms with Crippen LogP contribution < -0.4 is 15.8 Å². The van der Waals surface area contributed by atoms with Gasteiger partial charge in [-0.1, -0.05) is 11.6 Å². The number of hydrogen-bond acceptors (Lipinski definition) is 7. The average Bonchev–Trinajstić information content (AvgIpc) is 3.65. The number of benzene rings is 3. The van der Waals surface area contributed by atoms with E-state index in [4.69, 9.17) is 31.5 Å². The molecule has 10 nitrogen and oxygen atoms in total. The van der Waals surface area contributed by atoms with Crippen LogP contribution in [0.5, 0.6) is 5.75 Å². The molecule has 238 valence electrons. The number of nitrogens with zero attached hydrogens (tertiary/aromatic N) is 2. The van der Waals surface area contributed by atoms with E-state index in [2.05, 4.69) is 5.32 Å². The van der Waals surface area contributed by atoms with E-state index in [1.807, 2.05) is 73.7 Å². The molecule has 11 heteroatoms. The quantitative estimate of drug-likeness (QED) is 0.146. The number of nitrogen functional groups attached to an aromatic ring is 1. The van der Waals surface area contributed by atoms with Crippen molar-refractivity contribution in [1.82, 2.24) is 9.13 Å². The first-order valence-corrected chi connectivity index (χ1v) is 14.5. The molecule has 0 aliphatic heterocycles. The predicted octanol–water partition coefficient (Wildman–Crippen LogP) is 7.42. The molecular formula is C35H35ClN4O6. The number of esters is 2. The van der Waals surface area contributed by atoms with Crippen LogP contribution in [0.2, 0.25) is 5.02 Å². The Kier molecular flexibility index (Phi) is 10.6. The highest BCUT2D eigenvalue weighted by Crippen LogP contribution is 2.31. The van der Waals surface area contributed by atoms with Gasteiger partial charge in [-0.25, -0.2) is 14.4 Å². The van der Waals surface area contributed by atoms with Crippen molar-refractivity contribution in [3.05, 3.63) is 112 Å². The first-order chi connectivity index (χ1) is 21.9. The molecule has 5 rings (SSSR count). The van der Waals surface area contributed by atoms with E-state index in [-0.39, 0.29) is 5.56 Å². The highest BCUT2D eigenvalue weighted by Gasteiger charge is 2.19. The monoisotopic (exact) mass is 642 g/mol. The van der Waals surface area contributed by atoms with Gasteiger partial charge in [0, 0.05) is 59.7 Å². The molecule has 5 aromatic rings. The number of ether oxygens (including phenoxy) is 3. The Morgan fingerprint density at radius 2 is 1.24 bits per heavy atom. The Bertz CT molecular complexity index is 1890. The Balaban J connectivity index is 0.000000230. The number of nitrogens with one attached hydrogen (secondary N) is 1. The smallest absolute Gasteiger partial charge is 0.417 e. The second kappa shape index (κ2) is 14.5. The van der Waals surface area contributed by atoms with E-state index in [1.165, 1.54) is 14.2 Å². The summed E-state index contributed by atoms with van der Waals surface area (Å²) in [4.78, 5) is 36.2. The molecule has 0 aliphatic rings. The van der Waals surface area contributed by atoms with E-state index in [9.17, 15) is 14.4 Å². The lowest BCUT2D eigenvalue weighted by Crippen LogP contribution is -2.19. The van der Waals surface area contributed by atoms with Crippen molar-refractivity contribution in [3.8, 4) is 28.3 Å². The van der Waals surface area contributed by atoms with Gasteiger partial charge in [0.2, 0.25) is 0 Å². The summed E-state index contributed by atoms with van der Waals surface area (Å²) in [6, 6.07) is 21.2. The highest BCUT2D eigenvalue weighted by molar-refractivity contribution is 6.30. The molecule has 3 aromatic carbocycles. The summed E-state index contributed by atoms with van der Waals surface area (Å²) in [6.07, 6.45) is 3.16. The van der Waals surface area contributed by atoms with Gasteiger partial charge in [0.1, 0.15) is 5.75 Å². The van der Waals surface area contributed by atoms with Crippen molar-refractivity contribution in [2.75, 3.05) is 25.3 Å². The summed E-state index contributed by atoms with van der Waals surface area (Å²) in [6.45, 7) is 3.87. The number of carbonyl (C=O) groups excluding carboxylic acids is 3. The number of nitrogens with two attached hydrogens (primary N) is 1. The molecule has 0 radical (unpaired) electrons. The van der Waals surface area contributed by atoms with Gasteiger partial charge in [-0.2, -0.15) is 0 Å². The normalized spacial score (nSPS) is 10.4. The SMILES string of the molecule is COC(=O)c1cc(-c2cccn2C)c(C)cc1N.COC(=O)c1cc(-c2cccn2C)c(C)cc1NC(=O)Oc1ccc(Cl)cc1. The van der Waals surface area contributed by atoms with Crippen LogP contribution >= 0.6 is 11.6 Å². The summed E-state index contributed by atoms with van der Waals surface area (Å²) < 4.78 is 18.8. The number of halogens is 1. The predicted molar refractivity (Wildman–Crippen MR) is 179 cm³/mol. The molecule has 2 heterocycles. The third kappa shape index (κ3) is 7.59. The molecular weight excluding hydrogens is 608 g/mol. The Morgan fingerprint density at radius 3 is 1.74 bits per heavy atom. The number of anilines is 2. The summed E-state index contributed by atoms with van der Waals surface area (Å²) >= 11 is 5.83. The van der Waals surface area contributed by atoms with Crippen LogP contribution in [0.15, 0.2) is 85.2 Å². The molecule has 0 fully saturated rings. The van der Waals surface area contributed by atoms with Crippen molar-refractivity contribution in [3.63, 3.8) is 0 Å². The molecule has 1 amide bonds. The second-order valence-electron chi connectivity index (χ2n) is 10.4. The van der Waals surface area contributed by atoms with Gasteiger partial charge in [0.15, 0.2) is 0 Å². The largest absolute Gasteiger partial charge is 0.465 e. The fraction of sp³-hybridized carbons (Fsp3) is 0.171. The summed E-state index contributed by atoms with van der Waals surface area (Å²) in [5.41, 5.74) is 13.0. The molecule has 2 aromatic heterocycles. The molecule has 0 bridgehead atoms. The number of aryl methyl sites for hydroxylation is 4. The minimum absolute atomic E-state index is 0.234. The third-order valence-electron chi connectivity index (χ3n) is 7.27. The van der Waals surface area contributed by atoms with Crippen LogP contribution in [-0.2, 0) is 23.6 Å². The Hall–Kier alpha value is -5.48. The van der Waals surface area contributed by atoms with Crippen molar-refractivity contribution in [1.29, 1.82) is 0 Å². The molecule has 0 saturated carbocycles. The lowest BCUT2D eigenvalue weighted by atomic mass is 10.00. The molecule has 0 atom stereocenters. The zero-order valence-electron chi connectivity index (χ0n) is 26.4. The van der Waals surface area contributed by atoms with Crippen LogP contribution in [-0.4, -0.2) is 41.4 Å². The summed E-state index contributed by atoms with van der Waals surface area (Å²) in [5.74, 6) is -0.640. The van der Waals surface area contributed by atoms with Crippen molar-refractivity contribution in [2.45, 2.75) is 13.8 Å². The maximum absolute atomic E-state index is 12.3. The molecule has 46 heavy (non-hydrogen) atoms. The van der Waals surface area contributed by atoms with Gasteiger partial charge in [-0.05, 0) is 97.8 Å². The summed E-state index contributed by atoms with van der Waals surface area (Å²) in [5, 5.41) is 3.15. The van der Waals surface area contributed by atoms with Crippen LogP contribution in [0.4, 0.5) is 16.2 Å². The van der Waals surface area contributed by atoms with Crippen LogP contribution in [0.3, 0.4) is 0 Å². The lowest BCUT2D eigenvalue weighted by Gasteiger charge is -2.15. The van der Waals surface area contributed by atoms with E-state index >= 15 is 0 Å². The van der Waals surface area contributed by atoms with Crippen LogP contribution in [0.25, 0.3) is 22.5 Å². The lowest BCUT2D eigenvalue weighted by molar-refractivity contribution is 0.0593. The van der Waals surface area contributed by atoms with E-state index in [1.54, 1.807) is 48.5 Å². The number of rotatable bonds is 6. The van der Waals surface area contributed by atoms with Gasteiger partial charge in [-0.3, -0.25) is 5.32 Å². The molecule has 0 spiro atoms. The van der Waals surface area contributed by atoms with Gasteiger partial charge in [0.25, 0.3) is 0 Å². The van der Waals surface area contributed by atoms with Gasteiger partial charge >= 0.3 is 18.0 Å². The zero-order chi connectivity index (χ0) is 33.5. The van der Waals surface area contributed by atoms with Crippen molar-refractivity contribution >= 4 is 41.0 Å². The highest BCUT2D eigenvalue weighted by atomic mass is 35.5. The summed E-state index contributed by atoms with van der Waals surface area (Å²) in [7, 11) is 6.52. The topological polar surface area (TPSA) is 127 Å². The fourth-order valence-electron chi connectivity index (χ4n) is 4.89. The molecule has 0 unspecified atom stereocenters. The van der Waals surface area contributed by atoms with Gasteiger partial charge in [0.05, 0.1) is 31.0 Å². The number of amides is 1. The number of methoxy groups -OCH3 is 2. The Morgan fingerprint density at radius 1 is 0.739 bits per heavy atom. The molecule has 0 aliphatic carbocycles. The number of hydrogen-bond donors (Lipinski definition) is 2. The van der Waals surface area contributed by atoms with Crippen molar-refractivity contribution < 1.29 is 28.6 Å². The second-order valence-corrected chi connectivity index (χ2v) is 10.9. The third-order valence-corrected chi connectivity index (χ3v) is 7.52. The maximum atomic E-state index is 12.3. The van der Waals surface area contributed by atoms with E-state index < -0.39 is 18.0 Å². The van der Waals surface area contributed by atoms with Gasteiger partial charge < -0.3 is 29.1 Å². The van der Waals surface area contributed by atoms with E-state index in [0.29, 0.717) is 27.7 Å². The first kappa shape index (κ1) is 33.4. The zero-order valence-corrected chi connectivity index (χ0v) is 27.1. The van der Waals surface area contributed by atoms with Gasteiger partial charge in [-0.15, -0.1) is 0 Å². The standard InChI is InChI=1S/C21H19ClN2O4.C14H16N2O2/c1-13-11-18(23-21(26)28-15-8-6-14(22)7-9-15)17(20(25)27-3)12-16(13)19-5-4-10-24(19)2;1-9-7-12(15)11(14(17)18-3)8-10(9)13-5-4-6-16(13)2/h4-12H,1-3H3,(H,23,26);4-8H,15H2,1-3H3. The molecule has 0 saturated heterocycles. The number of aromatic nitrogens is 2. The van der Waals surface area contributed by atoms with Crippen LogP contribution in [0, 0.1) is 13.8 Å². The number of carbonyl (C=O) groups is 3. The average molecular weight is 643 g/mol. The fourth-order valence-corrected chi connectivity index (χ4v) is 5.01. The Labute approximate surface area is 272 Å². The minimum atomic E-state index is -0.724. The minimum Gasteiger partial charge on any atom is -0.465 e.